The lowest BCUT2D eigenvalue weighted by Crippen LogP contribution is -2.01. The molecule has 2 aromatic heterocycles. The largest absolute Gasteiger partial charge is 0.208 e. The molecule has 224 valence electrons. The van der Waals surface area contributed by atoms with Crippen LogP contribution in [0.5, 0.6) is 0 Å². The third kappa shape index (κ3) is 4.31. The number of hydrogen-bond acceptors (Lipinski definition) is 4. The van der Waals surface area contributed by atoms with Gasteiger partial charge < -0.3 is 0 Å². The third-order valence-electron chi connectivity index (χ3n) is 9.36. The summed E-state index contributed by atoms with van der Waals surface area (Å²) in [4.78, 5) is 15.5. The molecule has 0 aliphatic heterocycles. The van der Waals surface area contributed by atoms with E-state index in [1.165, 1.54) is 37.0 Å². The second-order valence-corrected chi connectivity index (χ2v) is 13.6. The molecule has 10 aromatic rings. The highest BCUT2D eigenvalue weighted by atomic mass is 35.5. The Hall–Kier alpha value is -5.68. The van der Waals surface area contributed by atoms with Crippen LogP contribution in [0.1, 0.15) is 0 Å². The lowest BCUT2D eigenvalue weighted by molar-refractivity contribution is 1.08. The van der Waals surface area contributed by atoms with Crippen LogP contribution in [0.25, 0.3) is 97.4 Å². The van der Waals surface area contributed by atoms with Crippen LogP contribution in [-0.2, 0) is 0 Å². The quantitative estimate of drug-likeness (QED) is 0.179. The molecule has 0 aliphatic carbocycles. The van der Waals surface area contributed by atoms with Gasteiger partial charge in [-0.2, -0.15) is 0 Å². The second kappa shape index (κ2) is 10.7. The van der Waals surface area contributed by atoms with E-state index in [2.05, 4.69) is 140 Å². The summed E-state index contributed by atoms with van der Waals surface area (Å²) in [7, 11) is 0. The van der Waals surface area contributed by atoms with Crippen LogP contribution in [0, 0.1) is 0 Å². The van der Waals surface area contributed by atoms with Crippen molar-refractivity contribution in [1.82, 2.24) is 15.0 Å². The number of fused-ring (bicyclic) bond motifs is 9. The van der Waals surface area contributed by atoms with Gasteiger partial charge in [0.15, 0.2) is 17.5 Å². The van der Waals surface area contributed by atoms with Gasteiger partial charge in [0.25, 0.3) is 0 Å². The zero-order chi connectivity index (χ0) is 31.8. The fraction of sp³-hybridized carbons (Fsp3) is 0. The van der Waals surface area contributed by atoms with Crippen LogP contribution in [0.2, 0.25) is 5.02 Å². The lowest BCUT2D eigenvalue weighted by atomic mass is 9.99. The van der Waals surface area contributed by atoms with Crippen LogP contribution in [0.15, 0.2) is 146 Å². The average Bonchev–Trinajstić information content (AvgIpc) is 3.52. The average molecular weight is 650 g/mol. The van der Waals surface area contributed by atoms with Crippen molar-refractivity contribution in [1.29, 1.82) is 0 Å². The Kier molecular flexibility index (Phi) is 6.10. The molecule has 0 radical (unpaired) electrons. The molecule has 0 spiro atoms. The van der Waals surface area contributed by atoms with E-state index in [-0.39, 0.29) is 0 Å². The predicted molar refractivity (Wildman–Crippen MR) is 204 cm³/mol. The fourth-order valence-electron chi connectivity index (χ4n) is 7.06. The lowest BCUT2D eigenvalue weighted by Gasteiger charge is -2.12. The summed E-state index contributed by atoms with van der Waals surface area (Å²) in [6, 6.07) is 51.1. The Bertz CT molecular complexity index is 2790. The molecule has 3 nitrogen and oxygen atoms in total. The first-order valence-corrected chi connectivity index (χ1v) is 17.1. The number of hydrogen-bond donors (Lipinski definition) is 0. The molecule has 5 heteroatoms. The van der Waals surface area contributed by atoms with Crippen LogP contribution in [0.4, 0.5) is 0 Å². The van der Waals surface area contributed by atoms with Crippen LogP contribution < -0.4 is 0 Å². The molecule has 0 unspecified atom stereocenters. The Morgan fingerprint density at radius 3 is 1.52 bits per heavy atom. The van der Waals surface area contributed by atoms with E-state index in [4.69, 9.17) is 26.6 Å². The summed E-state index contributed by atoms with van der Waals surface area (Å²) in [5, 5.41) is 12.4. The summed E-state index contributed by atoms with van der Waals surface area (Å²) < 4.78 is 2.35. The van der Waals surface area contributed by atoms with E-state index in [1.807, 2.05) is 6.07 Å². The van der Waals surface area contributed by atoms with Crippen molar-refractivity contribution < 1.29 is 0 Å². The molecular formula is C43H24ClN3S. The van der Waals surface area contributed by atoms with Crippen molar-refractivity contribution in [2.24, 2.45) is 0 Å². The smallest absolute Gasteiger partial charge is 0.166 e. The van der Waals surface area contributed by atoms with E-state index in [9.17, 15) is 0 Å². The van der Waals surface area contributed by atoms with Crippen LogP contribution >= 0.6 is 22.9 Å². The van der Waals surface area contributed by atoms with Crippen molar-refractivity contribution in [3.63, 3.8) is 0 Å². The number of benzene rings is 8. The number of aromatic nitrogens is 3. The van der Waals surface area contributed by atoms with Gasteiger partial charge in [-0.1, -0.05) is 127 Å². The first kappa shape index (κ1) is 27.4. The van der Waals surface area contributed by atoms with Gasteiger partial charge in [-0.05, 0) is 73.4 Å². The number of rotatable bonds is 3. The van der Waals surface area contributed by atoms with Gasteiger partial charge in [-0.15, -0.1) is 11.3 Å². The Balaban J connectivity index is 1.23. The van der Waals surface area contributed by atoms with Crippen molar-refractivity contribution in [2.45, 2.75) is 0 Å². The first-order valence-electron chi connectivity index (χ1n) is 15.9. The molecule has 48 heavy (non-hydrogen) atoms. The van der Waals surface area contributed by atoms with Gasteiger partial charge in [0, 0.05) is 36.9 Å². The third-order valence-corrected chi connectivity index (χ3v) is 10.8. The minimum atomic E-state index is 0.561. The van der Waals surface area contributed by atoms with Gasteiger partial charge in [0.2, 0.25) is 0 Å². The number of halogens is 1. The molecule has 0 aliphatic rings. The predicted octanol–water partition coefficient (Wildman–Crippen LogP) is 12.5. The topological polar surface area (TPSA) is 38.7 Å². The van der Waals surface area contributed by atoms with Crippen molar-refractivity contribution >= 4 is 86.2 Å². The molecule has 0 saturated carbocycles. The van der Waals surface area contributed by atoms with Crippen LogP contribution in [0.3, 0.4) is 0 Å². The molecule has 0 atom stereocenters. The van der Waals surface area contributed by atoms with Crippen LogP contribution in [-0.4, -0.2) is 15.0 Å². The van der Waals surface area contributed by atoms with Gasteiger partial charge in [-0.25, -0.2) is 15.0 Å². The minimum Gasteiger partial charge on any atom is -0.208 e. The number of nitrogens with zero attached hydrogens (tertiary/aromatic N) is 3. The highest BCUT2D eigenvalue weighted by Crippen LogP contribution is 2.43. The highest BCUT2D eigenvalue weighted by molar-refractivity contribution is 7.26. The molecule has 0 fully saturated rings. The summed E-state index contributed by atoms with van der Waals surface area (Å²) in [5.74, 6) is 1.78. The van der Waals surface area contributed by atoms with Gasteiger partial charge in [0.1, 0.15) is 0 Å². The maximum atomic E-state index is 7.06. The maximum Gasteiger partial charge on any atom is 0.166 e. The van der Waals surface area contributed by atoms with E-state index in [0.29, 0.717) is 22.5 Å². The molecule has 10 rings (SSSR count). The Morgan fingerprint density at radius 1 is 0.396 bits per heavy atom. The number of thiophene rings is 1. The van der Waals surface area contributed by atoms with E-state index < -0.39 is 0 Å². The molecule has 8 aromatic carbocycles. The monoisotopic (exact) mass is 649 g/mol. The molecular weight excluding hydrogens is 626 g/mol. The van der Waals surface area contributed by atoms with Crippen molar-refractivity contribution in [2.75, 3.05) is 0 Å². The zero-order valence-corrected chi connectivity index (χ0v) is 27.1. The fourth-order valence-corrected chi connectivity index (χ4v) is 8.42. The maximum absolute atomic E-state index is 7.06. The summed E-state index contributed by atoms with van der Waals surface area (Å²) in [6.07, 6.45) is 0. The second-order valence-electron chi connectivity index (χ2n) is 12.1. The van der Waals surface area contributed by atoms with Gasteiger partial charge in [-0.3, -0.25) is 0 Å². The normalized spacial score (nSPS) is 11.9. The Labute approximate surface area is 284 Å². The van der Waals surface area contributed by atoms with E-state index in [0.717, 1.165) is 42.9 Å². The van der Waals surface area contributed by atoms with E-state index >= 15 is 0 Å². The molecule has 2 heterocycles. The summed E-state index contributed by atoms with van der Waals surface area (Å²) in [6.45, 7) is 0. The van der Waals surface area contributed by atoms with Crippen molar-refractivity contribution in [3.05, 3.63) is 151 Å². The SMILES string of the molecule is Clc1ccc2sc3ccccc3c2c1-c1nc(-c2ccc3c(ccc4ccccc43)c2)nc(-c2ccc3c(ccc4ccccc43)c2)n1. The summed E-state index contributed by atoms with van der Waals surface area (Å²) in [5.41, 5.74) is 2.68. The molecule has 0 saturated heterocycles. The molecule has 0 amide bonds. The van der Waals surface area contributed by atoms with Gasteiger partial charge >= 0.3 is 0 Å². The molecule has 0 N–H and O–H groups in total. The van der Waals surface area contributed by atoms with Crippen molar-refractivity contribution in [3.8, 4) is 34.2 Å². The molecule has 0 bridgehead atoms. The standard InChI is InChI=1S/C43H24ClN3S/c44-36-21-22-38-39(35-11-5-6-12-37(35)48-38)40(36)43-46-41(29-17-19-33-27(23-29)15-13-25-7-1-3-9-31(25)33)45-42(47-43)30-18-20-34-28(24-30)16-14-26-8-2-4-10-32(26)34/h1-24H. The zero-order valence-electron chi connectivity index (χ0n) is 25.5. The Morgan fingerprint density at radius 2 is 0.896 bits per heavy atom. The summed E-state index contributed by atoms with van der Waals surface area (Å²) >= 11 is 8.82. The highest BCUT2D eigenvalue weighted by Gasteiger charge is 2.20. The van der Waals surface area contributed by atoms with Gasteiger partial charge in [0.05, 0.1) is 5.02 Å². The minimum absolute atomic E-state index is 0.561. The first-order chi connectivity index (χ1) is 23.7. The van der Waals surface area contributed by atoms with E-state index in [1.54, 1.807) is 11.3 Å².